The van der Waals surface area contributed by atoms with Crippen molar-refractivity contribution in [3.05, 3.63) is 158 Å². The summed E-state index contributed by atoms with van der Waals surface area (Å²) >= 11 is 0. The van der Waals surface area contributed by atoms with Crippen molar-refractivity contribution in [3.63, 3.8) is 0 Å². The van der Waals surface area contributed by atoms with Crippen LogP contribution in [0.3, 0.4) is 0 Å². The molecule has 7 bridgehead atoms. The number of aromatic amines is 1. The van der Waals surface area contributed by atoms with Crippen LogP contribution >= 0.6 is 0 Å². The van der Waals surface area contributed by atoms with E-state index >= 15 is 4.79 Å². The Morgan fingerprint density at radius 2 is 1.76 bits per heavy atom. The molecule has 0 amide bonds. The maximum atomic E-state index is 15.9. The molecule has 12 heteroatoms. The highest BCUT2D eigenvalue weighted by atomic mass is 16.5. The molecule has 1 fully saturated rings. The van der Waals surface area contributed by atoms with Gasteiger partial charge in [-0.25, -0.2) is 0 Å². The molecule has 7 aliphatic rings. The number of hydrogen-bond acceptors (Lipinski definition) is 9. The van der Waals surface area contributed by atoms with Crippen LogP contribution in [0.4, 0.5) is 5.82 Å². The Labute approximate surface area is 406 Å². The van der Waals surface area contributed by atoms with Gasteiger partial charge in [-0.2, -0.15) is 6.20 Å². The van der Waals surface area contributed by atoms with Crippen molar-refractivity contribution < 1.29 is 45.0 Å². The molecule has 1 saturated carbocycles. The van der Waals surface area contributed by atoms with E-state index in [-0.39, 0.29) is 67.4 Å². The topological polar surface area (TPSA) is 209 Å². The number of benzene rings is 3. The van der Waals surface area contributed by atoms with Crippen LogP contribution in [-0.4, -0.2) is 77.6 Å². The summed E-state index contributed by atoms with van der Waals surface area (Å²) in [5.74, 6) is 2.47. The van der Waals surface area contributed by atoms with Gasteiger partial charge in [0.05, 0.1) is 23.7 Å². The summed E-state index contributed by atoms with van der Waals surface area (Å²) in [6.45, 7) is -0.445. The van der Waals surface area contributed by atoms with Crippen LogP contribution in [0.25, 0.3) is 17.5 Å². The van der Waals surface area contributed by atoms with Gasteiger partial charge in [0, 0.05) is 54.4 Å². The molecule has 9 atom stereocenters. The highest BCUT2D eigenvalue weighted by Gasteiger charge is 2.45. The number of ether oxygens (including phenoxy) is 1. The van der Waals surface area contributed by atoms with Gasteiger partial charge in [0.25, 0.3) is 0 Å². The fraction of sp³-hybridized carbons (Fsp3) is 0.379. The van der Waals surface area contributed by atoms with Crippen molar-refractivity contribution in [2.24, 2.45) is 11.8 Å². The molecule has 0 spiro atoms. The number of Topliss-reactive ketones (excluding diaryl/α,β-unsaturated/α-hetero) is 2. The highest BCUT2D eigenvalue weighted by Crippen LogP contribution is 2.51. The van der Waals surface area contributed by atoms with Crippen molar-refractivity contribution >= 4 is 29.5 Å². The Morgan fingerprint density at radius 3 is 2.60 bits per heavy atom. The Hall–Kier alpha value is -6.62. The molecular weight excluding hydrogens is 883 g/mol. The number of aromatic nitrogens is 2. The minimum Gasteiger partial charge on any atom is -0.664 e. The van der Waals surface area contributed by atoms with Crippen LogP contribution in [0, 0.1) is 23.7 Å². The number of aryl methyl sites for hydroxylation is 2. The number of nitrogens with zero attached hydrogens (tertiary/aromatic N) is 2. The Morgan fingerprint density at radius 1 is 0.900 bits per heavy atom. The van der Waals surface area contributed by atoms with Crippen LogP contribution < -0.4 is 9.72 Å². The van der Waals surface area contributed by atoms with Crippen LogP contribution in [0.15, 0.2) is 96.9 Å². The summed E-state index contributed by atoms with van der Waals surface area (Å²) in [5.41, 5.74) is 5.67. The lowest BCUT2D eigenvalue weighted by molar-refractivity contribution is -0.135. The van der Waals surface area contributed by atoms with Gasteiger partial charge in [0.15, 0.2) is 17.3 Å². The Balaban J connectivity index is 1.09. The van der Waals surface area contributed by atoms with E-state index in [1.807, 2.05) is 54.6 Å². The minimum atomic E-state index is -1.47. The smallest absolute Gasteiger partial charge is 0.163 e. The summed E-state index contributed by atoms with van der Waals surface area (Å²) in [4.78, 5) is 38.8. The molecule has 5 aromatic rings. The van der Waals surface area contributed by atoms with Crippen LogP contribution in [-0.2, 0) is 22.4 Å². The fourth-order valence-electron chi connectivity index (χ4n) is 12.1. The lowest BCUT2D eigenvalue weighted by atomic mass is 9.65. The van der Waals surface area contributed by atoms with Crippen molar-refractivity contribution in [2.75, 3.05) is 6.61 Å². The third-order valence-electron chi connectivity index (χ3n) is 15.8. The van der Waals surface area contributed by atoms with E-state index in [2.05, 4.69) is 16.8 Å². The molecule has 3 aromatic carbocycles. The van der Waals surface area contributed by atoms with Crippen molar-refractivity contribution in [1.82, 2.24) is 9.97 Å². The number of ketones is 2. The monoisotopic (exact) mass is 939 g/mol. The number of hydrogen-bond donors (Lipinski definition) is 7. The summed E-state index contributed by atoms with van der Waals surface area (Å²) in [6, 6.07) is 17.2. The standard InChI is InChI=1S/C58H57N3O9/c62-26-21-42-51(65)16-11-32-27-45(55(67)52(28-32)70-35-6-1-2-7-35)54(66)34-12-13-37-40-15-14-38(43(37)29-34)41-20-25-60-57(41)61-47(8-4-10-50(40)64)44-30-48-39(19-24-59-48)46(53(44)56(42)68)31-58(69)22-17-33-5-3-9-49(63)36(33)18-23-58/h3,5,9,12-15,18-20,23-25,27-30,35,38,40,42,46-47,50,53-54,60,62-64,66-67,69H,1-2,6-7,10-11,16-17,21-22,26,31H2/q-2. The van der Waals surface area contributed by atoms with E-state index in [1.165, 1.54) is 0 Å². The molecule has 5 heterocycles. The largest absolute Gasteiger partial charge is 0.664 e. The summed E-state index contributed by atoms with van der Waals surface area (Å²) < 4.78 is 6.43. The van der Waals surface area contributed by atoms with Gasteiger partial charge >= 0.3 is 0 Å². The van der Waals surface area contributed by atoms with Gasteiger partial charge in [-0.05, 0) is 121 Å². The summed E-state index contributed by atoms with van der Waals surface area (Å²) in [7, 11) is 0. The van der Waals surface area contributed by atoms with Crippen molar-refractivity contribution in [2.45, 2.75) is 118 Å². The van der Waals surface area contributed by atoms with Gasteiger partial charge in [-0.15, -0.1) is 11.6 Å². The number of aromatic hydroxyl groups is 2. The molecule has 360 valence electrons. The Bertz CT molecular complexity index is 3020. The first-order valence-electron chi connectivity index (χ1n) is 24.8. The minimum absolute atomic E-state index is 0.0490. The second-order valence-corrected chi connectivity index (χ2v) is 20.1. The number of phenolic OH excluding ortho intramolecular Hbond substituents is 2. The maximum Gasteiger partial charge on any atom is 0.163 e. The third-order valence-corrected chi connectivity index (χ3v) is 15.8. The number of H-pyrrole nitrogens is 1. The molecule has 0 saturated heterocycles. The SMILES string of the molecule is O=C1CCc2cc(OC3CCCC3)c(O)c(c2)C(O)c2ccc3c(c2)C2C=CC3C(O)CC#CC([N-]c3[nH]ccc32)C2=Cc3[n-]ccc3C(CC3(O)C=Cc4c(O)cccc4CC3)C2C(=O)C1CCO. The fourth-order valence-corrected chi connectivity index (χ4v) is 12.1. The number of fused-ring (bicyclic) bond motifs is 8. The molecule has 3 aliphatic heterocycles. The van der Waals surface area contributed by atoms with E-state index in [1.54, 1.807) is 48.8 Å². The number of nitrogens with one attached hydrogen (secondary N) is 1. The van der Waals surface area contributed by atoms with E-state index in [9.17, 15) is 35.4 Å². The zero-order valence-electron chi connectivity index (χ0n) is 38.8. The molecule has 12 rings (SSSR count). The van der Waals surface area contributed by atoms with Crippen molar-refractivity contribution in [1.29, 1.82) is 0 Å². The quantitative estimate of drug-likeness (QED) is 0.0492. The van der Waals surface area contributed by atoms with E-state index in [0.717, 1.165) is 53.5 Å². The lowest BCUT2D eigenvalue weighted by Crippen LogP contribution is -2.41. The molecule has 0 radical (unpaired) electrons. The zero-order chi connectivity index (χ0) is 48.3. The first-order chi connectivity index (χ1) is 34.0. The lowest BCUT2D eigenvalue weighted by Gasteiger charge is -2.42. The van der Waals surface area contributed by atoms with Crippen LogP contribution in [0.1, 0.15) is 137 Å². The predicted molar refractivity (Wildman–Crippen MR) is 264 cm³/mol. The van der Waals surface area contributed by atoms with Crippen LogP contribution in [0.2, 0.25) is 0 Å². The molecular formula is C58H57N3O9-2. The number of rotatable bonds is 6. The molecule has 9 unspecified atom stereocenters. The first-order valence-corrected chi connectivity index (χ1v) is 24.8. The van der Waals surface area contributed by atoms with Gasteiger partial charge in [-0.3, -0.25) is 9.59 Å². The Kier molecular flexibility index (Phi) is 12.2. The van der Waals surface area contributed by atoms with Crippen LogP contribution in [0.5, 0.6) is 17.2 Å². The van der Waals surface area contributed by atoms with Gasteiger partial charge in [0.2, 0.25) is 0 Å². The highest BCUT2D eigenvalue weighted by molar-refractivity contribution is 6.05. The molecule has 12 nitrogen and oxygen atoms in total. The molecule has 2 aromatic heterocycles. The van der Waals surface area contributed by atoms with E-state index < -0.39 is 71.6 Å². The number of carbonyl (C=O) groups is 2. The number of aliphatic hydroxyl groups is 4. The summed E-state index contributed by atoms with van der Waals surface area (Å²) in [6.07, 6.45) is 14.8. The van der Waals surface area contributed by atoms with E-state index in [4.69, 9.17) is 15.0 Å². The zero-order valence-corrected chi connectivity index (χ0v) is 38.8. The normalized spacial score (nSPS) is 28.2. The number of aliphatic hydroxyl groups excluding tert-OH is 3. The second-order valence-electron chi connectivity index (χ2n) is 20.1. The van der Waals surface area contributed by atoms with Gasteiger partial charge < -0.3 is 50.7 Å². The van der Waals surface area contributed by atoms with Crippen molar-refractivity contribution in [3.8, 4) is 29.1 Å². The second kappa shape index (κ2) is 18.6. The number of carbonyl (C=O) groups excluding carboxylic acids is 2. The molecule has 4 aliphatic carbocycles. The summed E-state index contributed by atoms with van der Waals surface area (Å²) in [5, 5.41) is 75.6. The average molecular weight is 940 g/mol. The molecule has 7 N–H and O–H groups in total. The van der Waals surface area contributed by atoms with Gasteiger partial charge in [-0.1, -0.05) is 96.3 Å². The third kappa shape index (κ3) is 8.38. The number of phenols is 2. The maximum absolute atomic E-state index is 15.9. The van der Waals surface area contributed by atoms with E-state index in [0.29, 0.717) is 40.2 Å². The van der Waals surface area contributed by atoms with Gasteiger partial charge in [0.1, 0.15) is 17.6 Å². The average Bonchev–Trinajstić information content (AvgIpc) is 4.14. The first kappa shape index (κ1) is 45.8. The predicted octanol–water partition coefficient (Wildman–Crippen LogP) is 8.37. The number of allylic oxidation sites excluding steroid dienone is 1. The molecule has 70 heavy (non-hydrogen) atoms.